The average Bonchev–Trinajstić information content (AvgIpc) is 2.90. The molecule has 1 saturated heterocycles. The zero-order valence-electron chi connectivity index (χ0n) is 14.8. The number of ether oxygens (including phenoxy) is 2. The van der Waals surface area contributed by atoms with Crippen LogP contribution in [-0.4, -0.2) is 51.3 Å². The lowest BCUT2D eigenvalue weighted by atomic mass is 10.1. The van der Waals surface area contributed by atoms with Crippen molar-refractivity contribution >= 4 is 11.9 Å². The Hall–Kier alpha value is -2.23. The van der Waals surface area contributed by atoms with E-state index >= 15 is 0 Å². The molecule has 9 nitrogen and oxygen atoms in total. The summed E-state index contributed by atoms with van der Waals surface area (Å²) in [5.41, 5.74) is -0.442. The van der Waals surface area contributed by atoms with Crippen molar-refractivity contribution in [3.8, 4) is 0 Å². The minimum absolute atomic E-state index is 0.0488. The third kappa shape index (κ3) is 4.90. The molecule has 1 aromatic heterocycles. The van der Waals surface area contributed by atoms with E-state index in [9.17, 15) is 14.7 Å². The molecule has 2 rings (SSSR count). The molecule has 3 N–H and O–H groups in total. The van der Waals surface area contributed by atoms with E-state index in [0.29, 0.717) is 6.61 Å². The fraction of sp³-hybridized carbons (Fsp3) is 0.588. The number of rotatable bonds is 8. The second-order valence-corrected chi connectivity index (χ2v) is 6.05. The number of nitrogens with zero attached hydrogens (tertiary/aromatic N) is 2. The SMILES string of the molecule is C=C1[C@H](n2ccc(NC(=O)OCCCCCC)nc2=O)O[C@H](CO)[C@H]1O. The third-order valence-corrected chi connectivity index (χ3v) is 4.08. The van der Waals surface area contributed by atoms with Gasteiger partial charge in [-0.3, -0.25) is 9.88 Å². The molecule has 2 heterocycles. The van der Waals surface area contributed by atoms with Crippen LogP contribution in [0.25, 0.3) is 0 Å². The van der Waals surface area contributed by atoms with E-state index in [1.807, 2.05) is 0 Å². The molecular weight excluding hydrogens is 342 g/mol. The quantitative estimate of drug-likeness (QED) is 0.466. The van der Waals surface area contributed by atoms with Gasteiger partial charge in [0, 0.05) is 11.8 Å². The predicted molar refractivity (Wildman–Crippen MR) is 93.8 cm³/mol. The van der Waals surface area contributed by atoms with Crippen LogP contribution < -0.4 is 11.0 Å². The molecule has 1 amide bonds. The van der Waals surface area contributed by atoms with Crippen molar-refractivity contribution in [2.75, 3.05) is 18.5 Å². The van der Waals surface area contributed by atoms with Gasteiger partial charge >= 0.3 is 11.8 Å². The Morgan fingerprint density at radius 2 is 2.23 bits per heavy atom. The average molecular weight is 367 g/mol. The van der Waals surface area contributed by atoms with Crippen molar-refractivity contribution in [1.29, 1.82) is 0 Å². The van der Waals surface area contributed by atoms with Crippen molar-refractivity contribution < 1.29 is 24.5 Å². The number of aliphatic hydroxyl groups excluding tert-OH is 2. The normalized spacial score (nSPS) is 22.4. The van der Waals surface area contributed by atoms with Gasteiger partial charge in [-0.2, -0.15) is 4.98 Å². The molecule has 1 aromatic rings. The molecule has 0 unspecified atom stereocenters. The predicted octanol–water partition coefficient (Wildman–Crippen LogP) is 1.18. The van der Waals surface area contributed by atoms with Gasteiger partial charge in [-0.05, 0) is 12.5 Å². The number of aliphatic hydroxyl groups is 2. The smallest absolute Gasteiger partial charge is 0.412 e. The Morgan fingerprint density at radius 1 is 1.46 bits per heavy atom. The number of amides is 1. The van der Waals surface area contributed by atoms with Crippen molar-refractivity contribution in [3.05, 3.63) is 34.9 Å². The van der Waals surface area contributed by atoms with E-state index in [1.54, 1.807) is 0 Å². The highest BCUT2D eigenvalue weighted by atomic mass is 16.6. The van der Waals surface area contributed by atoms with E-state index in [1.165, 1.54) is 12.3 Å². The van der Waals surface area contributed by atoms with Gasteiger partial charge in [0.2, 0.25) is 0 Å². The molecule has 9 heteroatoms. The molecule has 26 heavy (non-hydrogen) atoms. The first-order valence-corrected chi connectivity index (χ1v) is 8.64. The summed E-state index contributed by atoms with van der Waals surface area (Å²) in [5, 5.41) is 21.4. The van der Waals surface area contributed by atoms with Gasteiger partial charge in [0.25, 0.3) is 0 Å². The highest BCUT2D eigenvalue weighted by Crippen LogP contribution is 2.31. The fourth-order valence-corrected chi connectivity index (χ4v) is 2.59. The lowest BCUT2D eigenvalue weighted by Crippen LogP contribution is -2.29. The van der Waals surface area contributed by atoms with Gasteiger partial charge in [0.15, 0.2) is 6.23 Å². The summed E-state index contributed by atoms with van der Waals surface area (Å²) in [6.45, 7) is 5.69. The molecule has 0 bridgehead atoms. The van der Waals surface area contributed by atoms with E-state index in [2.05, 4.69) is 23.8 Å². The van der Waals surface area contributed by atoms with Crippen molar-refractivity contribution in [2.24, 2.45) is 0 Å². The number of anilines is 1. The summed E-state index contributed by atoms with van der Waals surface area (Å²) in [6, 6.07) is 1.41. The maximum Gasteiger partial charge on any atom is 0.412 e. The highest BCUT2D eigenvalue weighted by Gasteiger charge is 2.38. The minimum atomic E-state index is -1.07. The first-order valence-electron chi connectivity index (χ1n) is 8.64. The molecular formula is C17H25N3O6. The Kier molecular flexibility index (Phi) is 7.31. The first kappa shape index (κ1) is 20.1. The van der Waals surface area contributed by atoms with Gasteiger partial charge in [0.1, 0.15) is 18.0 Å². The summed E-state index contributed by atoms with van der Waals surface area (Å²) in [4.78, 5) is 27.6. The number of unbranched alkanes of at least 4 members (excludes halogenated alkanes) is 3. The highest BCUT2D eigenvalue weighted by molar-refractivity contribution is 5.83. The number of hydrogen-bond donors (Lipinski definition) is 3. The Labute approximate surface area is 151 Å². The monoisotopic (exact) mass is 367 g/mol. The molecule has 3 atom stereocenters. The maximum atomic E-state index is 12.2. The molecule has 0 saturated carbocycles. The van der Waals surface area contributed by atoms with Crippen LogP contribution in [0.5, 0.6) is 0 Å². The van der Waals surface area contributed by atoms with Crippen LogP contribution in [0.3, 0.4) is 0 Å². The van der Waals surface area contributed by atoms with E-state index in [-0.39, 0.29) is 11.4 Å². The van der Waals surface area contributed by atoms with Gasteiger partial charge in [-0.1, -0.05) is 32.8 Å². The first-order chi connectivity index (χ1) is 12.5. The zero-order valence-corrected chi connectivity index (χ0v) is 14.8. The van der Waals surface area contributed by atoms with Crippen molar-refractivity contribution in [2.45, 2.75) is 51.0 Å². The summed E-state index contributed by atoms with van der Waals surface area (Å²) in [7, 11) is 0. The molecule has 144 valence electrons. The van der Waals surface area contributed by atoms with E-state index in [0.717, 1.165) is 30.3 Å². The summed E-state index contributed by atoms with van der Waals surface area (Å²) in [6.07, 6.45) is 1.80. The van der Waals surface area contributed by atoms with Gasteiger partial charge < -0.3 is 19.7 Å². The topological polar surface area (TPSA) is 123 Å². The number of nitrogens with one attached hydrogen (secondary N) is 1. The summed E-state index contributed by atoms with van der Waals surface area (Å²) < 4.78 is 11.6. The summed E-state index contributed by atoms with van der Waals surface area (Å²) >= 11 is 0. The van der Waals surface area contributed by atoms with Crippen LogP contribution in [0.2, 0.25) is 0 Å². The number of carbonyl (C=O) groups excluding carboxylic acids is 1. The molecule has 0 aromatic carbocycles. The van der Waals surface area contributed by atoms with E-state index < -0.39 is 36.8 Å². The van der Waals surface area contributed by atoms with Gasteiger partial charge in [0.05, 0.1) is 13.2 Å². The zero-order chi connectivity index (χ0) is 19.1. The third-order valence-electron chi connectivity index (χ3n) is 4.08. The van der Waals surface area contributed by atoms with Crippen molar-refractivity contribution in [3.63, 3.8) is 0 Å². The fourth-order valence-electron chi connectivity index (χ4n) is 2.59. The lowest BCUT2D eigenvalue weighted by molar-refractivity contribution is -0.0447. The van der Waals surface area contributed by atoms with Crippen LogP contribution in [0.1, 0.15) is 38.8 Å². The number of aromatic nitrogens is 2. The van der Waals surface area contributed by atoms with Crippen LogP contribution in [0.4, 0.5) is 10.6 Å². The van der Waals surface area contributed by atoms with Gasteiger partial charge in [-0.25, -0.2) is 9.59 Å². The molecule has 0 spiro atoms. The Balaban J connectivity index is 1.94. The maximum absolute atomic E-state index is 12.2. The molecule has 0 radical (unpaired) electrons. The number of carbonyl (C=O) groups is 1. The molecule has 1 fully saturated rings. The van der Waals surface area contributed by atoms with Gasteiger partial charge in [-0.15, -0.1) is 0 Å². The van der Waals surface area contributed by atoms with Crippen LogP contribution in [0, 0.1) is 0 Å². The van der Waals surface area contributed by atoms with Crippen LogP contribution >= 0.6 is 0 Å². The van der Waals surface area contributed by atoms with Crippen LogP contribution in [-0.2, 0) is 9.47 Å². The standard InChI is InChI=1S/C17H25N3O6/c1-3-4-5-6-9-25-17(24)19-13-7-8-20(16(23)18-13)15-11(2)14(22)12(10-21)26-15/h7-8,12,14-15,21-22H,2-6,9-10H2,1H3,(H,18,19,23,24)/t12-,14+,15-/m1/s1. The van der Waals surface area contributed by atoms with E-state index in [4.69, 9.17) is 14.6 Å². The molecule has 1 aliphatic heterocycles. The Bertz CT molecular complexity index is 689. The largest absolute Gasteiger partial charge is 0.449 e. The lowest BCUT2D eigenvalue weighted by Gasteiger charge is -2.15. The molecule has 0 aliphatic carbocycles. The Morgan fingerprint density at radius 3 is 2.85 bits per heavy atom. The second-order valence-electron chi connectivity index (χ2n) is 6.05. The second kappa shape index (κ2) is 9.46. The number of hydrogen-bond acceptors (Lipinski definition) is 7. The minimum Gasteiger partial charge on any atom is -0.449 e. The summed E-state index contributed by atoms with van der Waals surface area (Å²) in [5.74, 6) is 0.0488. The van der Waals surface area contributed by atoms with Crippen LogP contribution in [0.15, 0.2) is 29.2 Å². The molecule has 1 aliphatic rings. The van der Waals surface area contributed by atoms with Crippen molar-refractivity contribution in [1.82, 2.24) is 9.55 Å².